The number of nitrogens with one attached hydrogen (secondary N) is 2. The maximum absolute atomic E-state index is 13.0. The molecule has 0 radical (unpaired) electrons. The zero-order chi connectivity index (χ0) is 20.3. The first-order chi connectivity index (χ1) is 13.3. The summed E-state index contributed by atoms with van der Waals surface area (Å²) in [6, 6.07) is 16.5. The number of halogens is 1. The van der Waals surface area contributed by atoms with Crippen molar-refractivity contribution in [3.8, 4) is 0 Å². The molecule has 0 fully saturated rings. The number of amides is 1. The normalized spacial score (nSPS) is 11.1. The standard InChI is InChI=1S/C21H19FN2O3S/c1-14-5-3-6-15(2)20(14)24-28(26,27)19-8-4-7-16(13-19)21(25)23-18-11-9-17(22)10-12-18/h3-13,24H,1-2H3,(H,23,25). The molecule has 0 atom stereocenters. The Morgan fingerprint density at radius 1 is 0.893 bits per heavy atom. The lowest BCUT2D eigenvalue weighted by Crippen LogP contribution is -2.17. The molecule has 0 aliphatic heterocycles. The second-order valence-electron chi connectivity index (χ2n) is 6.36. The third kappa shape index (κ3) is 4.37. The van der Waals surface area contributed by atoms with Crippen molar-refractivity contribution < 1.29 is 17.6 Å². The molecule has 0 unspecified atom stereocenters. The van der Waals surface area contributed by atoms with E-state index in [1.165, 1.54) is 48.5 Å². The molecule has 0 saturated heterocycles. The van der Waals surface area contributed by atoms with E-state index < -0.39 is 21.7 Å². The number of para-hydroxylation sites is 1. The van der Waals surface area contributed by atoms with Crippen molar-refractivity contribution in [2.75, 3.05) is 10.0 Å². The second kappa shape index (κ2) is 7.82. The van der Waals surface area contributed by atoms with Crippen LogP contribution in [-0.4, -0.2) is 14.3 Å². The zero-order valence-corrected chi connectivity index (χ0v) is 16.2. The van der Waals surface area contributed by atoms with E-state index in [9.17, 15) is 17.6 Å². The third-order valence-electron chi connectivity index (χ3n) is 4.23. The second-order valence-corrected chi connectivity index (χ2v) is 8.04. The summed E-state index contributed by atoms with van der Waals surface area (Å²) >= 11 is 0. The van der Waals surface area contributed by atoms with Gasteiger partial charge in [-0.2, -0.15) is 0 Å². The van der Waals surface area contributed by atoms with Crippen LogP contribution in [0.25, 0.3) is 0 Å². The van der Waals surface area contributed by atoms with Crippen molar-refractivity contribution in [2.45, 2.75) is 18.7 Å². The minimum atomic E-state index is -3.87. The molecule has 1 amide bonds. The minimum Gasteiger partial charge on any atom is -0.322 e. The van der Waals surface area contributed by atoms with Crippen molar-refractivity contribution in [1.29, 1.82) is 0 Å². The Morgan fingerprint density at radius 2 is 1.50 bits per heavy atom. The summed E-state index contributed by atoms with van der Waals surface area (Å²) in [6.07, 6.45) is 0. The molecule has 5 nitrogen and oxygen atoms in total. The van der Waals surface area contributed by atoms with Crippen molar-refractivity contribution in [3.05, 3.63) is 89.2 Å². The fourth-order valence-corrected chi connectivity index (χ4v) is 3.96. The van der Waals surface area contributed by atoms with Crippen molar-refractivity contribution in [3.63, 3.8) is 0 Å². The van der Waals surface area contributed by atoms with Gasteiger partial charge in [-0.1, -0.05) is 24.3 Å². The van der Waals surface area contributed by atoms with Crippen LogP contribution in [0.4, 0.5) is 15.8 Å². The molecule has 3 rings (SSSR count). The molecule has 0 bridgehead atoms. The number of hydrogen-bond donors (Lipinski definition) is 2. The monoisotopic (exact) mass is 398 g/mol. The first kappa shape index (κ1) is 19.6. The van der Waals surface area contributed by atoms with Gasteiger partial charge in [0.1, 0.15) is 5.82 Å². The lowest BCUT2D eigenvalue weighted by molar-refractivity contribution is 0.102. The molecule has 0 aliphatic carbocycles. The van der Waals surface area contributed by atoms with Crippen LogP contribution in [0.15, 0.2) is 71.6 Å². The van der Waals surface area contributed by atoms with Crippen LogP contribution in [0.2, 0.25) is 0 Å². The van der Waals surface area contributed by atoms with Gasteiger partial charge in [-0.05, 0) is 67.4 Å². The molecular formula is C21H19FN2O3S. The predicted octanol–water partition coefficient (Wildman–Crippen LogP) is 4.50. The van der Waals surface area contributed by atoms with Crippen LogP contribution in [0.5, 0.6) is 0 Å². The third-order valence-corrected chi connectivity index (χ3v) is 5.57. The Bertz CT molecular complexity index is 1110. The summed E-state index contributed by atoms with van der Waals surface area (Å²) in [7, 11) is -3.87. The van der Waals surface area contributed by atoms with Crippen LogP contribution in [0, 0.1) is 19.7 Å². The summed E-state index contributed by atoms with van der Waals surface area (Å²) < 4.78 is 41.2. The average Bonchev–Trinajstić information content (AvgIpc) is 2.67. The van der Waals surface area contributed by atoms with E-state index in [4.69, 9.17) is 0 Å². The molecular weight excluding hydrogens is 379 g/mol. The molecule has 3 aromatic carbocycles. The average molecular weight is 398 g/mol. The molecule has 3 aromatic rings. The SMILES string of the molecule is Cc1cccc(C)c1NS(=O)(=O)c1cccc(C(=O)Nc2ccc(F)cc2)c1. The zero-order valence-electron chi connectivity index (χ0n) is 15.4. The first-order valence-electron chi connectivity index (χ1n) is 8.52. The summed E-state index contributed by atoms with van der Waals surface area (Å²) in [5.41, 5.74) is 2.70. The fraction of sp³-hybridized carbons (Fsp3) is 0.0952. The molecule has 0 spiro atoms. The van der Waals surface area contributed by atoms with E-state index in [1.807, 2.05) is 32.0 Å². The Hall–Kier alpha value is -3.19. The van der Waals surface area contributed by atoms with Crippen molar-refractivity contribution in [1.82, 2.24) is 0 Å². The van der Waals surface area contributed by atoms with Gasteiger partial charge >= 0.3 is 0 Å². The van der Waals surface area contributed by atoms with Crippen LogP contribution in [0.3, 0.4) is 0 Å². The highest BCUT2D eigenvalue weighted by atomic mass is 32.2. The van der Waals surface area contributed by atoms with Crippen LogP contribution in [-0.2, 0) is 10.0 Å². The van der Waals surface area contributed by atoms with Gasteiger partial charge in [0.25, 0.3) is 15.9 Å². The Labute approximate surface area is 163 Å². The van der Waals surface area contributed by atoms with Crippen LogP contribution in [0.1, 0.15) is 21.5 Å². The molecule has 144 valence electrons. The van der Waals surface area contributed by atoms with E-state index in [1.54, 1.807) is 0 Å². The number of anilines is 2. The van der Waals surface area contributed by atoms with Gasteiger partial charge in [-0.3, -0.25) is 9.52 Å². The number of carbonyl (C=O) groups is 1. The number of benzene rings is 3. The quantitative estimate of drug-likeness (QED) is 0.665. The highest BCUT2D eigenvalue weighted by Crippen LogP contribution is 2.24. The van der Waals surface area contributed by atoms with Gasteiger partial charge in [-0.15, -0.1) is 0 Å². The number of rotatable bonds is 5. The van der Waals surface area contributed by atoms with Crippen LogP contribution < -0.4 is 10.0 Å². The van der Waals surface area contributed by atoms with E-state index in [-0.39, 0.29) is 10.5 Å². The fourth-order valence-electron chi connectivity index (χ4n) is 2.71. The predicted molar refractivity (Wildman–Crippen MR) is 108 cm³/mol. The van der Waals surface area contributed by atoms with Crippen LogP contribution >= 0.6 is 0 Å². The largest absolute Gasteiger partial charge is 0.322 e. The van der Waals surface area contributed by atoms with Gasteiger partial charge in [0.15, 0.2) is 0 Å². The molecule has 0 saturated carbocycles. The van der Waals surface area contributed by atoms with Gasteiger partial charge < -0.3 is 5.32 Å². The molecule has 7 heteroatoms. The molecule has 2 N–H and O–H groups in total. The van der Waals surface area contributed by atoms with E-state index in [0.29, 0.717) is 11.4 Å². The topological polar surface area (TPSA) is 75.3 Å². The summed E-state index contributed by atoms with van der Waals surface area (Å²) in [4.78, 5) is 12.4. The first-order valence-corrected chi connectivity index (χ1v) is 10.0. The number of aryl methyl sites for hydroxylation is 2. The summed E-state index contributed by atoms with van der Waals surface area (Å²) in [5, 5.41) is 2.61. The summed E-state index contributed by atoms with van der Waals surface area (Å²) in [6.45, 7) is 3.63. The van der Waals surface area contributed by atoms with Gasteiger partial charge in [0, 0.05) is 11.3 Å². The Balaban J connectivity index is 1.85. The molecule has 0 heterocycles. The molecule has 28 heavy (non-hydrogen) atoms. The number of sulfonamides is 1. The smallest absolute Gasteiger partial charge is 0.261 e. The van der Waals surface area contributed by atoms with Crippen molar-refractivity contribution in [2.24, 2.45) is 0 Å². The summed E-state index contributed by atoms with van der Waals surface area (Å²) in [5.74, 6) is -0.903. The lowest BCUT2D eigenvalue weighted by Gasteiger charge is -2.14. The van der Waals surface area contributed by atoms with Gasteiger partial charge in [0.2, 0.25) is 0 Å². The highest BCUT2D eigenvalue weighted by molar-refractivity contribution is 7.92. The Kier molecular flexibility index (Phi) is 5.46. The van der Waals surface area contributed by atoms with Gasteiger partial charge in [-0.25, -0.2) is 12.8 Å². The maximum atomic E-state index is 13.0. The van der Waals surface area contributed by atoms with E-state index >= 15 is 0 Å². The van der Waals surface area contributed by atoms with Gasteiger partial charge in [0.05, 0.1) is 10.6 Å². The number of carbonyl (C=O) groups excluding carboxylic acids is 1. The molecule has 0 aromatic heterocycles. The minimum absolute atomic E-state index is 0.0260. The van der Waals surface area contributed by atoms with Crippen molar-refractivity contribution >= 4 is 27.3 Å². The van der Waals surface area contributed by atoms with E-state index in [2.05, 4.69) is 10.0 Å². The molecule has 0 aliphatic rings. The van der Waals surface area contributed by atoms with E-state index in [0.717, 1.165) is 11.1 Å². The maximum Gasteiger partial charge on any atom is 0.261 e. The highest BCUT2D eigenvalue weighted by Gasteiger charge is 2.18. The number of hydrogen-bond acceptors (Lipinski definition) is 3. The Morgan fingerprint density at radius 3 is 2.14 bits per heavy atom. The lowest BCUT2D eigenvalue weighted by atomic mass is 10.1.